The lowest BCUT2D eigenvalue weighted by molar-refractivity contribution is -0.274. The third kappa shape index (κ3) is 3.61. The van der Waals surface area contributed by atoms with Crippen molar-refractivity contribution in [3.05, 3.63) is 46.1 Å². The van der Waals surface area contributed by atoms with Crippen molar-refractivity contribution in [3.8, 4) is 17.0 Å². The van der Waals surface area contributed by atoms with E-state index < -0.39 is 18.1 Å². The van der Waals surface area contributed by atoms with Crippen molar-refractivity contribution in [1.82, 2.24) is 4.98 Å². The van der Waals surface area contributed by atoms with E-state index in [0.717, 1.165) is 18.3 Å². The number of hydrogen-bond acceptors (Lipinski definition) is 3. The predicted molar refractivity (Wildman–Crippen MR) is 73.3 cm³/mol. The molecule has 1 aromatic heterocycles. The van der Waals surface area contributed by atoms with Crippen molar-refractivity contribution in [2.75, 3.05) is 0 Å². The van der Waals surface area contributed by atoms with Crippen molar-refractivity contribution < 1.29 is 27.8 Å². The number of aromatic carboxylic acids is 1. The number of carboxylic acids is 1. The standard InChI is InChI=1S/C13H6Cl2F3NO3/c14-8-5-19-11(10(15)9(8)12(20)21)6-2-1-3-7(4-6)22-13(16,17)18/h1-5H,(H,20,21). The minimum Gasteiger partial charge on any atom is -0.478 e. The van der Waals surface area contributed by atoms with Crippen LogP contribution in [-0.4, -0.2) is 22.4 Å². The van der Waals surface area contributed by atoms with Crippen LogP contribution in [0.15, 0.2) is 30.5 Å². The molecule has 0 fully saturated rings. The molecule has 0 bridgehead atoms. The summed E-state index contributed by atoms with van der Waals surface area (Å²) in [4.78, 5) is 15.0. The number of pyridine rings is 1. The van der Waals surface area contributed by atoms with Crippen LogP contribution in [0, 0.1) is 0 Å². The van der Waals surface area contributed by atoms with Crippen molar-refractivity contribution in [2.45, 2.75) is 6.36 Å². The summed E-state index contributed by atoms with van der Waals surface area (Å²) in [5.74, 6) is -1.85. The summed E-state index contributed by atoms with van der Waals surface area (Å²) >= 11 is 11.6. The van der Waals surface area contributed by atoms with E-state index in [1.165, 1.54) is 12.1 Å². The van der Waals surface area contributed by atoms with Crippen LogP contribution in [0.4, 0.5) is 13.2 Å². The highest BCUT2D eigenvalue weighted by molar-refractivity contribution is 6.40. The molecule has 0 radical (unpaired) electrons. The molecule has 1 heterocycles. The average molecular weight is 352 g/mol. The number of carbonyl (C=O) groups is 1. The molecule has 1 aromatic carbocycles. The van der Waals surface area contributed by atoms with Gasteiger partial charge in [0.2, 0.25) is 0 Å². The lowest BCUT2D eigenvalue weighted by Crippen LogP contribution is -2.17. The Morgan fingerprint density at radius 1 is 1.27 bits per heavy atom. The minimum absolute atomic E-state index is 0.0175. The van der Waals surface area contributed by atoms with Crippen LogP contribution < -0.4 is 4.74 Å². The first kappa shape index (κ1) is 16.4. The monoisotopic (exact) mass is 351 g/mol. The molecule has 0 aliphatic rings. The normalized spacial score (nSPS) is 11.3. The van der Waals surface area contributed by atoms with Gasteiger partial charge in [-0.3, -0.25) is 4.98 Å². The van der Waals surface area contributed by atoms with Gasteiger partial charge in [-0.25, -0.2) is 4.79 Å². The molecular weight excluding hydrogens is 346 g/mol. The van der Waals surface area contributed by atoms with Crippen molar-refractivity contribution in [1.29, 1.82) is 0 Å². The number of aromatic nitrogens is 1. The Morgan fingerprint density at radius 2 is 1.95 bits per heavy atom. The van der Waals surface area contributed by atoms with Gasteiger partial charge in [0, 0.05) is 11.8 Å². The van der Waals surface area contributed by atoms with Gasteiger partial charge in [-0.2, -0.15) is 0 Å². The maximum absolute atomic E-state index is 12.2. The summed E-state index contributed by atoms with van der Waals surface area (Å²) in [6, 6.07) is 4.85. The zero-order chi connectivity index (χ0) is 16.5. The summed E-state index contributed by atoms with van der Waals surface area (Å²) < 4.78 is 40.4. The number of ether oxygens (including phenoxy) is 1. The van der Waals surface area contributed by atoms with Gasteiger partial charge in [-0.1, -0.05) is 35.3 Å². The predicted octanol–water partition coefficient (Wildman–Crippen LogP) is 4.65. The molecule has 0 saturated heterocycles. The second-order valence-electron chi connectivity index (χ2n) is 4.02. The number of nitrogens with zero attached hydrogens (tertiary/aromatic N) is 1. The largest absolute Gasteiger partial charge is 0.573 e. The van der Waals surface area contributed by atoms with E-state index in [-0.39, 0.29) is 26.9 Å². The van der Waals surface area contributed by atoms with E-state index in [1.54, 1.807) is 0 Å². The topological polar surface area (TPSA) is 59.4 Å². The Balaban J connectivity index is 2.51. The Labute approximate surface area is 132 Å². The second kappa shape index (κ2) is 6.02. The third-order valence-electron chi connectivity index (χ3n) is 2.53. The first-order valence-corrected chi connectivity index (χ1v) is 6.38. The van der Waals surface area contributed by atoms with Crippen molar-refractivity contribution >= 4 is 29.2 Å². The highest BCUT2D eigenvalue weighted by atomic mass is 35.5. The number of carboxylic acid groups (broad SMARTS) is 1. The van der Waals surface area contributed by atoms with Crippen LogP contribution in [0.5, 0.6) is 5.75 Å². The lowest BCUT2D eigenvalue weighted by atomic mass is 10.1. The zero-order valence-corrected chi connectivity index (χ0v) is 12.0. The maximum Gasteiger partial charge on any atom is 0.573 e. The summed E-state index contributed by atoms with van der Waals surface area (Å²) in [6.07, 6.45) is -3.79. The van der Waals surface area contributed by atoms with Gasteiger partial charge >= 0.3 is 12.3 Å². The van der Waals surface area contributed by atoms with E-state index in [9.17, 15) is 18.0 Å². The fourth-order valence-electron chi connectivity index (χ4n) is 1.70. The molecule has 0 aliphatic carbocycles. The van der Waals surface area contributed by atoms with Gasteiger partial charge < -0.3 is 9.84 Å². The Hall–Kier alpha value is -1.99. The number of alkyl halides is 3. The highest BCUT2D eigenvalue weighted by Crippen LogP contribution is 2.34. The highest BCUT2D eigenvalue weighted by Gasteiger charge is 2.31. The molecule has 9 heteroatoms. The molecule has 1 N–H and O–H groups in total. The van der Waals surface area contributed by atoms with Gasteiger partial charge in [-0.15, -0.1) is 13.2 Å². The van der Waals surface area contributed by atoms with Crippen LogP contribution in [0.25, 0.3) is 11.3 Å². The molecule has 2 aromatic rings. The molecule has 0 amide bonds. The summed E-state index contributed by atoms with van der Waals surface area (Å²) in [5.41, 5.74) is -0.238. The van der Waals surface area contributed by atoms with Crippen LogP contribution >= 0.6 is 23.2 Å². The first-order valence-electron chi connectivity index (χ1n) is 5.62. The summed E-state index contributed by atoms with van der Waals surface area (Å²) in [6.45, 7) is 0. The fraction of sp³-hybridized carbons (Fsp3) is 0.0769. The molecule has 0 spiro atoms. The third-order valence-corrected chi connectivity index (χ3v) is 3.18. The lowest BCUT2D eigenvalue weighted by Gasteiger charge is -2.11. The van der Waals surface area contributed by atoms with Crippen LogP contribution in [0.3, 0.4) is 0 Å². The molecule has 116 valence electrons. The number of hydrogen-bond donors (Lipinski definition) is 1. The number of rotatable bonds is 3. The Bertz CT molecular complexity index is 735. The Kier molecular flexibility index (Phi) is 4.48. The first-order chi connectivity index (χ1) is 10.2. The fourth-order valence-corrected chi connectivity index (χ4v) is 2.32. The molecule has 22 heavy (non-hydrogen) atoms. The van der Waals surface area contributed by atoms with E-state index in [2.05, 4.69) is 9.72 Å². The van der Waals surface area contributed by atoms with Crippen LogP contribution in [-0.2, 0) is 0 Å². The van der Waals surface area contributed by atoms with Crippen molar-refractivity contribution in [2.24, 2.45) is 0 Å². The van der Waals surface area contributed by atoms with E-state index in [4.69, 9.17) is 28.3 Å². The number of benzene rings is 1. The van der Waals surface area contributed by atoms with Gasteiger partial charge in [0.1, 0.15) is 11.3 Å². The van der Waals surface area contributed by atoms with Gasteiger partial charge in [0.15, 0.2) is 0 Å². The minimum atomic E-state index is -4.85. The molecule has 0 atom stereocenters. The average Bonchev–Trinajstić information content (AvgIpc) is 2.36. The SMILES string of the molecule is O=C(O)c1c(Cl)cnc(-c2cccc(OC(F)(F)F)c2)c1Cl. The van der Waals surface area contributed by atoms with Crippen molar-refractivity contribution in [3.63, 3.8) is 0 Å². The number of halogens is 5. The van der Waals surface area contributed by atoms with E-state index >= 15 is 0 Å². The van der Waals surface area contributed by atoms with Gasteiger partial charge in [-0.05, 0) is 12.1 Å². The zero-order valence-electron chi connectivity index (χ0n) is 10.5. The van der Waals surface area contributed by atoms with E-state index in [0.29, 0.717) is 0 Å². The molecule has 0 saturated carbocycles. The quantitative estimate of drug-likeness (QED) is 0.874. The summed E-state index contributed by atoms with van der Waals surface area (Å²) in [5, 5.41) is 8.60. The van der Waals surface area contributed by atoms with Gasteiger partial charge in [0.25, 0.3) is 0 Å². The molecule has 0 aliphatic heterocycles. The molecule has 4 nitrogen and oxygen atoms in total. The van der Waals surface area contributed by atoms with Gasteiger partial charge in [0.05, 0.1) is 15.7 Å². The smallest absolute Gasteiger partial charge is 0.478 e. The Morgan fingerprint density at radius 3 is 2.55 bits per heavy atom. The van der Waals surface area contributed by atoms with Crippen LogP contribution in [0.1, 0.15) is 10.4 Å². The van der Waals surface area contributed by atoms with Crippen LogP contribution in [0.2, 0.25) is 10.0 Å². The van der Waals surface area contributed by atoms with E-state index in [1.807, 2.05) is 0 Å². The molecular formula is C13H6Cl2F3NO3. The summed E-state index contributed by atoms with van der Waals surface area (Å²) in [7, 11) is 0. The molecule has 2 rings (SSSR count). The molecule has 0 unspecified atom stereocenters. The second-order valence-corrected chi connectivity index (χ2v) is 4.81. The maximum atomic E-state index is 12.2.